The molecule has 0 saturated heterocycles. The zero-order valence-corrected chi connectivity index (χ0v) is 15.4. The van der Waals surface area contributed by atoms with Gasteiger partial charge in [0.05, 0.1) is 56.3 Å². The summed E-state index contributed by atoms with van der Waals surface area (Å²) in [4.78, 5) is 16.6. The van der Waals surface area contributed by atoms with E-state index in [4.69, 9.17) is 34.8 Å². The summed E-state index contributed by atoms with van der Waals surface area (Å²) in [5, 5.41) is 29.7. The zero-order valence-electron chi connectivity index (χ0n) is 13.2. The molecule has 2 heterocycles. The van der Waals surface area contributed by atoms with Crippen molar-refractivity contribution in [2.75, 3.05) is 6.61 Å². The molecule has 0 aliphatic rings. The van der Waals surface area contributed by atoms with Crippen LogP contribution in [0.3, 0.4) is 0 Å². The summed E-state index contributed by atoms with van der Waals surface area (Å²) in [7, 11) is 0. The molecule has 0 radical (unpaired) electrons. The van der Waals surface area contributed by atoms with Crippen LogP contribution in [0.1, 0.15) is 17.5 Å². The SMILES string of the molecule is O=c1cc(CO)n(-c2c(Cl)cccc2Cl)c2c(Cl)cnc([C@H](O)CO)c12. The number of halogens is 3. The Kier molecular flexibility index (Phi) is 5.53. The van der Waals surface area contributed by atoms with Crippen LogP contribution in [-0.4, -0.2) is 31.5 Å². The molecular weight excluding hydrogens is 403 g/mol. The fourth-order valence-electron chi connectivity index (χ4n) is 2.80. The standard InChI is InChI=1S/C17H13Cl3N2O4/c18-9-2-1-3-10(19)16(9)22-8(6-23)4-12(25)14-15(13(26)7-24)21-5-11(20)17(14)22/h1-5,13,23-24,26H,6-7H2/t13-/m1/s1. The fraction of sp³-hybridized carbons (Fsp3) is 0.176. The summed E-state index contributed by atoms with van der Waals surface area (Å²) in [6, 6.07) is 6.05. The molecule has 0 aliphatic carbocycles. The average molecular weight is 416 g/mol. The molecule has 6 nitrogen and oxygen atoms in total. The molecule has 0 aliphatic heterocycles. The van der Waals surface area contributed by atoms with Gasteiger partial charge in [0.25, 0.3) is 0 Å². The number of aliphatic hydroxyl groups excluding tert-OH is 3. The van der Waals surface area contributed by atoms with E-state index in [1.54, 1.807) is 18.2 Å². The van der Waals surface area contributed by atoms with E-state index in [0.717, 1.165) is 0 Å². The Balaban J connectivity index is 2.58. The summed E-state index contributed by atoms with van der Waals surface area (Å²) in [5.74, 6) is 0. The maximum Gasteiger partial charge on any atom is 0.191 e. The van der Waals surface area contributed by atoms with Gasteiger partial charge in [0.2, 0.25) is 0 Å². The van der Waals surface area contributed by atoms with Crippen LogP contribution in [0.2, 0.25) is 15.1 Å². The van der Waals surface area contributed by atoms with Crippen LogP contribution in [0.25, 0.3) is 16.6 Å². The Morgan fingerprint density at radius 2 is 1.77 bits per heavy atom. The van der Waals surface area contributed by atoms with Crippen LogP contribution in [0.5, 0.6) is 0 Å². The number of nitrogens with zero attached hydrogens (tertiary/aromatic N) is 2. The first-order chi connectivity index (χ1) is 12.4. The van der Waals surface area contributed by atoms with Crippen LogP contribution >= 0.6 is 34.8 Å². The van der Waals surface area contributed by atoms with Gasteiger partial charge in [-0.1, -0.05) is 40.9 Å². The van der Waals surface area contributed by atoms with Crippen molar-refractivity contribution in [1.82, 2.24) is 9.55 Å². The molecular formula is C17H13Cl3N2O4. The third-order valence-corrected chi connectivity index (χ3v) is 4.79. The van der Waals surface area contributed by atoms with E-state index in [-0.39, 0.29) is 37.4 Å². The monoisotopic (exact) mass is 414 g/mol. The van der Waals surface area contributed by atoms with Crippen LogP contribution in [0, 0.1) is 0 Å². The normalized spacial score (nSPS) is 12.5. The van der Waals surface area contributed by atoms with E-state index in [2.05, 4.69) is 4.98 Å². The Hall–Kier alpha value is -1.67. The van der Waals surface area contributed by atoms with Crippen molar-refractivity contribution in [1.29, 1.82) is 0 Å². The second kappa shape index (κ2) is 7.52. The van der Waals surface area contributed by atoms with Crippen LogP contribution in [0.4, 0.5) is 0 Å². The van der Waals surface area contributed by atoms with E-state index < -0.39 is 24.7 Å². The number of fused-ring (bicyclic) bond motifs is 1. The maximum atomic E-state index is 12.6. The molecule has 1 atom stereocenters. The van der Waals surface area contributed by atoms with Gasteiger partial charge in [-0.2, -0.15) is 0 Å². The maximum absolute atomic E-state index is 12.6. The Morgan fingerprint density at radius 3 is 2.35 bits per heavy atom. The lowest BCUT2D eigenvalue weighted by Gasteiger charge is -2.20. The lowest BCUT2D eigenvalue weighted by atomic mass is 10.1. The molecule has 0 fully saturated rings. The number of aromatic nitrogens is 2. The summed E-state index contributed by atoms with van der Waals surface area (Å²) in [6.45, 7) is -1.11. The van der Waals surface area contributed by atoms with Crippen molar-refractivity contribution in [2.45, 2.75) is 12.7 Å². The van der Waals surface area contributed by atoms with Gasteiger partial charge >= 0.3 is 0 Å². The largest absolute Gasteiger partial charge is 0.393 e. The lowest BCUT2D eigenvalue weighted by Crippen LogP contribution is -2.18. The van der Waals surface area contributed by atoms with Crippen LogP contribution in [0.15, 0.2) is 35.3 Å². The van der Waals surface area contributed by atoms with Crippen molar-refractivity contribution in [3.8, 4) is 5.69 Å². The second-order valence-corrected chi connectivity index (χ2v) is 6.70. The van der Waals surface area contributed by atoms with Gasteiger partial charge in [-0.05, 0) is 12.1 Å². The third kappa shape index (κ3) is 3.09. The first-order valence-electron chi connectivity index (χ1n) is 7.47. The van der Waals surface area contributed by atoms with Crippen molar-refractivity contribution in [3.05, 3.63) is 67.1 Å². The van der Waals surface area contributed by atoms with Gasteiger partial charge in [-0.3, -0.25) is 9.78 Å². The number of para-hydroxylation sites is 1. The number of rotatable bonds is 4. The quantitative estimate of drug-likeness (QED) is 0.609. The molecule has 0 saturated carbocycles. The molecule has 3 N–H and O–H groups in total. The van der Waals surface area contributed by atoms with Crippen LogP contribution < -0.4 is 5.43 Å². The number of aliphatic hydroxyl groups is 3. The van der Waals surface area contributed by atoms with Crippen molar-refractivity contribution in [2.24, 2.45) is 0 Å². The molecule has 2 aromatic heterocycles. The lowest BCUT2D eigenvalue weighted by molar-refractivity contribution is 0.0934. The molecule has 0 amide bonds. The Bertz CT molecular complexity index is 1030. The van der Waals surface area contributed by atoms with E-state index in [1.807, 2.05) is 0 Å². The Morgan fingerprint density at radius 1 is 1.12 bits per heavy atom. The number of hydrogen-bond acceptors (Lipinski definition) is 5. The van der Waals surface area contributed by atoms with Gasteiger partial charge in [-0.25, -0.2) is 0 Å². The summed E-state index contributed by atoms with van der Waals surface area (Å²) >= 11 is 18.9. The Labute approximate surface area is 162 Å². The molecule has 136 valence electrons. The first kappa shape index (κ1) is 19.1. The summed E-state index contributed by atoms with van der Waals surface area (Å²) in [6.07, 6.45) is -0.127. The van der Waals surface area contributed by atoms with Crippen molar-refractivity contribution < 1.29 is 15.3 Å². The van der Waals surface area contributed by atoms with Gasteiger partial charge < -0.3 is 19.9 Å². The smallest absolute Gasteiger partial charge is 0.191 e. The van der Waals surface area contributed by atoms with E-state index in [0.29, 0.717) is 5.69 Å². The molecule has 0 unspecified atom stereocenters. The van der Waals surface area contributed by atoms with Crippen molar-refractivity contribution >= 4 is 45.7 Å². The molecule has 0 spiro atoms. The predicted octanol–water partition coefficient (Wildman–Crippen LogP) is 2.86. The van der Waals surface area contributed by atoms with Gasteiger partial charge in [0.1, 0.15) is 6.10 Å². The minimum atomic E-state index is -1.38. The molecule has 1 aromatic carbocycles. The van der Waals surface area contributed by atoms with Gasteiger partial charge in [-0.15, -0.1) is 0 Å². The van der Waals surface area contributed by atoms with Gasteiger partial charge in [0.15, 0.2) is 5.43 Å². The van der Waals surface area contributed by atoms with E-state index in [1.165, 1.54) is 16.8 Å². The average Bonchev–Trinajstić information content (AvgIpc) is 2.62. The summed E-state index contributed by atoms with van der Waals surface area (Å²) < 4.78 is 1.46. The third-order valence-electron chi connectivity index (χ3n) is 3.90. The molecule has 9 heteroatoms. The molecule has 3 aromatic rings. The zero-order chi connectivity index (χ0) is 19.0. The topological polar surface area (TPSA) is 95.6 Å². The highest BCUT2D eigenvalue weighted by Gasteiger charge is 2.22. The minimum Gasteiger partial charge on any atom is -0.393 e. The van der Waals surface area contributed by atoms with E-state index >= 15 is 0 Å². The number of hydrogen-bond donors (Lipinski definition) is 3. The highest BCUT2D eigenvalue weighted by molar-refractivity contribution is 6.38. The predicted molar refractivity (Wildman–Crippen MR) is 100 cm³/mol. The van der Waals surface area contributed by atoms with Crippen LogP contribution in [-0.2, 0) is 6.61 Å². The van der Waals surface area contributed by atoms with Gasteiger partial charge in [0, 0.05) is 12.3 Å². The number of pyridine rings is 2. The second-order valence-electron chi connectivity index (χ2n) is 5.48. The first-order valence-corrected chi connectivity index (χ1v) is 8.61. The molecule has 0 bridgehead atoms. The minimum absolute atomic E-state index is 0.00670. The summed E-state index contributed by atoms with van der Waals surface area (Å²) in [5.41, 5.74) is 0.160. The van der Waals surface area contributed by atoms with Crippen molar-refractivity contribution in [3.63, 3.8) is 0 Å². The highest BCUT2D eigenvalue weighted by Crippen LogP contribution is 2.35. The fourth-order valence-corrected chi connectivity index (χ4v) is 3.59. The molecule has 26 heavy (non-hydrogen) atoms. The molecule has 3 rings (SSSR count). The van der Waals surface area contributed by atoms with E-state index in [9.17, 15) is 20.1 Å². The highest BCUT2D eigenvalue weighted by atomic mass is 35.5. The number of benzene rings is 1.